The van der Waals surface area contributed by atoms with Crippen LogP contribution < -0.4 is 0 Å². The summed E-state index contributed by atoms with van der Waals surface area (Å²) in [4.78, 5) is 24.2. The molecule has 5 nitrogen and oxygen atoms in total. The van der Waals surface area contributed by atoms with Crippen LogP contribution in [0.2, 0.25) is 0 Å². The molecule has 1 saturated heterocycles. The highest BCUT2D eigenvalue weighted by atomic mass is 32.1. The van der Waals surface area contributed by atoms with Crippen LogP contribution in [0, 0.1) is 6.92 Å². The molecule has 0 aliphatic carbocycles. The molecule has 1 aliphatic heterocycles. The van der Waals surface area contributed by atoms with Gasteiger partial charge in [0.25, 0.3) is 5.91 Å². The summed E-state index contributed by atoms with van der Waals surface area (Å²) >= 11 is 1.51. The molecule has 1 amide bonds. The summed E-state index contributed by atoms with van der Waals surface area (Å²) in [6.07, 6.45) is 3.76. The minimum absolute atomic E-state index is 0.150. The second-order valence-electron chi connectivity index (χ2n) is 6.01. The molecular formula is C18H23N3O2S. The van der Waals surface area contributed by atoms with E-state index in [4.69, 9.17) is 4.74 Å². The van der Waals surface area contributed by atoms with Gasteiger partial charge in [0.1, 0.15) is 5.82 Å². The van der Waals surface area contributed by atoms with E-state index < -0.39 is 0 Å². The Morgan fingerprint density at radius 3 is 2.88 bits per heavy atom. The van der Waals surface area contributed by atoms with Gasteiger partial charge >= 0.3 is 0 Å². The number of carbonyl (C=O) groups excluding carboxylic acids is 1. The first-order valence-electron chi connectivity index (χ1n) is 8.42. The molecule has 3 heterocycles. The highest BCUT2D eigenvalue weighted by molar-refractivity contribution is 7.12. The number of nitrogens with zero attached hydrogens (tertiary/aromatic N) is 3. The molecule has 0 N–H and O–H groups in total. The number of likely N-dealkylation sites (tertiary alicyclic amines) is 1. The van der Waals surface area contributed by atoms with Gasteiger partial charge in [-0.05, 0) is 38.1 Å². The van der Waals surface area contributed by atoms with Crippen molar-refractivity contribution in [2.24, 2.45) is 0 Å². The summed E-state index contributed by atoms with van der Waals surface area (Å²) in [7, 11) is 0. The molecule has 2 aromatic rings. The van der Waals surface area contributed by atoms with Gasteiger partial charge < -0.3 is 9.64 Å². The molecule has 128 valence electrons. The van der Waals surface area contributed by atoms with Gasteiger partial charge in [0.15, 0.2) is 0 Å². The normalized spacial score (nSPS) is 15.7. The van der Waals surface area contributed by atoms with E-state index in [9.17, 15) is 4.79 Å². The first-order valence-corrected chi connectivity index (χ1v) is 9.30. The monoisotopic (exact) mass is 345 g/mol. The summed E-state index contributed by atoms with van der Waals surface area (Å²) in [5.74, 6) is 1.31. The molecule has 0 unspecified atom stereocenters. The van der Waals surface area contributed by atoms with E-state index in [1.165, 1.54) is 11.3 Å². The molecule has 0 spiro atoms. The number of thiophene rings is 1. The molecule has 1 fully saturated rings. The predicted molar refractivity (Wildman–Crippen MR) is 94.3 cm³/mol. The summed E-state index contributed by atoms with van der Waals surface area (Å²) in [6.45, 7) is 6.70. The Morgan fingerprint density at radius 1 is 1.42 bits per heavy atom. The molecule has 0 bridgehead atoms. The summed E-state index contributed by atoms with van der Waals surface area (Å²) in [5.41, 5.74) is 2.17. The van der Waals surface area contributed by atoms with Gasteiger partial charge in [0.05, 0.1) is 17.2 Å². The highest BCUT2D eigenvalue weighted by Gasteiger charge is 2.27. The number of ether oxygens (including phenoxy) is 1. The molecule has 1 aliphatic rings. The minimum Gasteiger partial charge on any atom is -0.377 e. The van der Waals surface area contributed by atoms with E-state index in [0.29, 0.717) is 19.1 Å². The molecule has 3 rings (SSSR count). The molecular weight excluding hydrogens is 322 g/mol. The van der Waals surface area contributed by atoms with E-state index >= 15 is 0 Å². The Morgan fingerprint density at radius 2 is 2.21 bits per heavy atom. The van der Waals surface area contributed by atoms with Gasteiger partial charge in [-0.15, -0.1) is 11.3 Å². The maximum absolute atomic E-state index is 12.5. The van der Waals surface area contributed by atoms with Crippen molar-refractivity contribution in [2.75, 3.05) is 19.7 Å². The van der Waals surface area contributed by atoms with Crippen LogP contribution in [0.5, 0.6) is 0 Å². The average molecular weight is 345 g/mol. The third kappa shape index (κ3) is 3.82. The Labute approximate surface area is 146 Å². The summed E-state index contributed by atoms with van der Waals surface area (Å²) in [6, 6.07) is 3.82. The van der Waals surface area contributed by atoms with Gasteiger partial charge in [0, 0.05) is 37.4 Å². The average Bonchev–Trinajstić information content (AvgIpc) is 3.15. The Kier molecular flexibility index (Phi) is 5.58. The van der Waals surface area contributed by atoms with Gasteiger partial charge in [-0.1, -0.05) is 6.07 Å². The zero-order chi connectivity index (χ0) is 16.9. The number of rotatable bonds is 5. The standard InChI is InChI=1S/C18H23N3O2S/c1-3-23-12-15-11-19-13(2)20-17(15)14-6-8-21(9-7-14)18(22)16-5-4-10-24-16/h4-5,10-11,14H,3,6-9,12H2,1-2H3. The number of piperidine rings is 1. The van der Waals surface area contributed by atoms with Crippen molar-refractivity contribution in [3.8, 4) is 0 Å². The second kappa shape index (κ2) is 7.85. The van der Waals surface area contributed by atoms with E-state index in [-0.39, 0.29) is 5.91 Å². The Balaban J connectivity index is 1.68. The number of amides is 1. The van der Waals surface area contributed by atoms with Crippen LogP contribution >= 0.6 is 11.3 Å². The van der Waals surface area contributed by atoms with Crippen molar-refractivity contribution in [1.29, 1.82) is 0 Å². The lowest BCUT2D eigenvalue weighted by Gasteiger charge is -2.32. The topological polar surface area (TPSA) is 55.3 Å². The lowest BCUT2D eigenvalue weighted by molar-refractivity contribution is 0.0715. The van der Waals surface area contributed by atoms with Crippen LogP contribution in [0.4, 0.5) is 0 Å². The van der Waals surface area contributed by atoms with Crippen LogP contribution in [-0.4, -0.2) is 40.5 Å². The van der Waals surface area contributed by atoms with Crippen LogP contribution in [0.1, 0.15) is 52.4 Å². The second-order valence-corrected chi connectivity index (χ2v) is 6.96. The largest absolute Gasteiger partial charge is 0.377 e. The van der Waals surface area contributed by atoms with Crippen molar-refractivity contribution >= 4 is 17.2 Å². The van der Waals surface area contributed by atoms with E-state index in [0.717, 1.165) is 47.9 Å². The quantitative estimate of drug-likeness (QED) is 0.833. The maximum Gasteiger partial charge on any atom is 0.263 e. The zero-order valence-electron chi connectivity index (χ0n) is 14.2. The third-order valence-electron chi connectivity index (χ3n) is 4.38. The lowest BCUT2D eigenvalue weighted by Crippen LogP contribution is -2.38. The molecule has 0 radical (unpaired) electrons. The molecule has 2 aromatic heterocycles. The van der Waals surface area contributed by atoms with Gasteiger partial charge in [-0.25, -0.2) is 9.97 Å². The number of aryl methyl sites for hydroxylation is 1. The fraction of sp³-hybridized carbons (Fsp3) is 0.500. The number of hydrogen-bond donors (Lipinski definition) is 0. The van der Waals surface area contributed by atoms with Crippen LogP contribution in [-0.2, 0) is 11.3 Å². The van der Waals surface area contributed by atoms with E-state index in [2.05, 4.69) is 9.97 Å². The number of carbonyl (C=O) groups is 1. The predicted octanol–water partition coefficient (Wildman–Crippen LogP) is 3.40. The summed E-state index contributed by atoms with van der Waals surface area (Å²) < 4.78 is 5.56. The molecule has 0 atom stereocenters. The van der Waals surface area contributed by atoms with Crippen LogP contribution in [0.3, 0.4) is 0 Å². The van der Waals surface area contributed by atoms with Crippen molar-refractivity contribution in [2.45, 2.75) is 39.2 Å². The van der Waals surface area contributed by atoms with Gasteiger partial charge in [-0.2, -0.15) is 0 Å². The van der Waals surface area contributed by atoms with Crippen LogP contribution in [0.15, 0.2) is 23.7 Å². The Hall–Kier alpha value is -1.79. The minimum atomic E-state index is 0.150. The SMILES string of the molecule is CCOCc1cnc(C)nc1C1CCN(C(=O)c2cccs2)CC1. The molecule has 0 aromatic carbocycles. The zero-order valence-corrected chi connectivity index (χ0v) is 15.0. The van der Waals surface area contributed by atoms with Crippen molar-refractivity contribution < 1.29 is 9.53 Å². The fourth-order valence-corrected chi connectivity index (χ4v) is 3.79. The molecule has 6 heteroatoms. The lowest BCUT2D eigenvalue weighted by atomic mass is 9.91. The molecule has 24 heavy (non-hydrogen) atoms. The summed E-state index contributed by atoms with van der Waals surface area (Å²) in [5, 5.41) is 1.95. The van der Waals surface area contributed by atoms with Crippen molar-refractivity contribution in [3.05, 3.63) is 45.7 Å². The first-order chi connectivity index (χ1) is 11.7. The first kappa shape index (κ1) is 17.0. The van der Waals surface area contributed by atoms with Gasteiger partial charge in [0.2, 0.25) is 0 Å². The van der Waals surface area contributed by atoms with Crippen molar-refractivity contribution in [3.63, 3.8) is 0 Å². The van der Waals surface area contributed by atoms with Crippen LogP contribution in [0.25, 0.3) is 0 Å². The highest BCUT2D eigenvalue weighted by Crippen LogP contribution is 2.30. The maximum atomic E-state index is 12.5. The van der Waals surface area contributed by atoms with Gasteiger partial charge in [-0.3, -0.25) is 4.79 Å². The fourth-order valence-electron chi connectivity index (χ4n) is 3.10. The third-order valence-corrected chi connectivity index (χ3v) is 5.24. The Bertz CT molecular complexity index is 680. The van der Waals surface area contributed by atoms with Crippen molar-refractivity contribution in [1.82, 2.24) is 14.9 Å². The van der Waals surface area contributed by atoms with E-state index in [1.54, 1.807) is 0 Å². The van der Waals surface area contributed by atoms with E-state index in [1.807, 2.05) is 42.5 Å². The smallest absolute Gasteiger partial charge is 0.263 e. The number of aromatic nitrogens is 2. The number of hydrogen-bond acceptors (Lipinski definition) is 5. The molecule has 0 saturated carbocycles.